The Kier molecular flexibility index (Phi) is 4.03. The number of rotatable bonds is 4. The average Bonchev–Trinajstić information content (AvgIpc) is 2.26. The number of carbonyl (C=O) groups is 1. The van der Waals surface area contributed by atoms with Crippen LogP contribution in [0.5, 0.6) is 0 Å². The van der Waals surface area contributed by atoms with Crippen molar-refractivity contribution in [3.05, 3.63) is 34.9 Å². The van der Waals surface area contributed by atoms with Crippen LogP contribution < -0.4 is 0 Å². The maximum absolute atomic E-state index is 10.7. The quantitative estimate of drug-likeness (QED) is 0.805. The van der Waals surface area contributed by atoms with Gasteiger partial charge in [0.2, 0.25) is 0 Å². The Labute approximate surface area is 93.8 Å². The summed E-state index contributed by atoms with van der Waals surface area (Å²) in [7, 11) is 0. The zero-order valence-corrected chi connectivity index (χ0v) is 8.97. The number of aliphatic hydroxyl groups excluding tert-OH is 1. The number of hydrogen-bond donors (Lipinski definition) is 2. The minimum atomic E-state index is -1.52. The van der Waals surface area contributed by atoms with Crippen LogP contribution in [0.1, 0.15) is 29.2 Å². The van der Waals surface area contributed by atoms with E-state index < -0.39 is 12.1 Å². The van der Waals surface area contributed by atoms with Crippen LogP contribution in [-0.2, 0) is 11.2 Å². The highest BCUT2D eigenvalue weighted by molar-refractivity contribution is 5.74. The Morgan fingerprint density at radius 1 is 1.56 bits per heavy atom. The first-order chi connectivity index (χ1) is 7.56. The van der Waals surface area contributed by atoms with Gasteiger partial charge in [-0.1, -0.05) is 23.8 Å². The van der Waals surface area contributed by atoms with Crippen LogP contribution >= 0.6 is 0 Å². The Balaban J connectivity index is 3.08. The number of hydrogen-bond acceptors (Lipinski definition) is 3. The molecule has 0 aliphatic rings. The highest BCUT2D eigenvalue weighted by Crippen LogP contribution is 2.21. The molecular formula is C12H13NO3. The standard InChI is InChI=1S/C12H13NO3/c1-8-4-5-9(3-2-6-13)10(7-8)11(14)12(15)16/h4-5,7,11,14H,2-3H2,1H3,(H,15,16). The van der Waals surface area contributed by atoms with Gasteiger partial charge in [-0.2, -0.15) is 5.26 Å². The van der Waals surface area contributed by atoms with Crippen molar-refractivity contribution in [2.24, 2.45) is 0 Å². The third-order valence-corrected chi connectivity index (χ3v) is 2.34. The molecule has 2 N–H and O–H groups in total. The molecule has 0 saturated carbocycles. The summed E-state index contributed by atoms with van der Waals surface area (Å²) in [6.45, 7) is 1.83. The highest BCUT2D eigenvalue weighted by Gasteiger charge is 2.19. The van der Waals surface area contributed by atoms with E-state index in [9.17, 15) is 9.90 Å². The van der Waals surface area contributed by atoms with E-state index in [0.29, 0.717) is 24.0 Å². The summed E-state index contributed by atoms with van der Waals surface area (Å²) in [6, 6.07) is 7.24. The lowest BCUT2D eigenvalue weighted by Crippen LogP contribution is -2.13. The van der Waals surface area contributed by atoms with Crippen molar-refractivity contribution < 1.29 is 15.0 Å². The lowest BCUT2D eigenvalue weighted by atomic mass is 9.97. The molecule has 16 heavy (non-hydrogen) atoms. The van der Waals surface area contributed by atoms with Gasteiger partial charge in [0.1, 0.15) is 0 Å². The van der Waals surface area contributed by atoms with Crippen molar-refractivity contribution in [1.29, 1.82) is 5.26 Å². The Bertz CT molecular complexity index is 434. The summed E-state index contributed by atoms with van der Waals surface area (Å²) >= 11 is 0. The van der Waals surface area contributed by atoms with E-state index in [2.05, 4.69) is 0 Å². The molecule has 84 valence electrons. The minimum absolute atomic E-state index is 0.308. The number of aliphatic hydroxyl groups is 1. The molecule has 0 bridgehead atoms. The zero-order chi connectivity index (χ0) is 12.1. The number of carboxylic acids is 1. The van der Waals surface area contributed by atoms with Crippen molar-refractivity contribution in [3.63, 3.8) is 0 Å². The fourth-order valence-electron chi connectivity index (χ4n) is 1.52. The molecule has 0 saturated heterocycles. The number of aryl methyl sites for hydroxylation is 2. The fourth-order valence-corrected chi connectivity index (χ4v) is 1.52. The second-order valence-electron chi connectivity index (χ2n) is 3.60. The molecule has 0 heterocycles. The van der Waals surface area contributed by atoms with Gasteiger partial charge < -0.3 is 10.2 Å². The number of nitrogens with zero attached hydrogens (tertiary/aromatic N) is 1. The molecule has 1 rings (SSSR count). The lowest BCUT2D eigenvalue weighted by Gasteiger charge is -2.12. The minimum Gasteiger partial charge on any atom is -0.479 e. The topological polar surface area (TPSA) is 81.3 Å². The summed E-state index contributed by atoms with van der Waals surface area (Å²) in [4.78, 5) is 10.7. The van der Waals surface area contributed by atoms with Gasteiger partial charge in [-0.3, -0.25) is 0 Å². The summed E-state index contributed by atoms with van der Waals surface area (Å²) < 4.78 is 0. The summed E-state index contributed by atoms with van der Waals surface area (Å²) in [6.07, 6.45) is -0.757. The summed E-state index contributed by atoms with van der Waals surface area (Å²) in [5, 5.41) is 26.8. The Hall–Kier alpha value is -1.86. The van der Waals surface area contributed by atoms with Gasteiger partial charge in [0.05, 0.1) is 6.07 Å². The van der Waals surface area contributed by atoms with Crippen molar-refractivity contribution >= 4 is 5.97 Å². The maximum atomic E-state index is 10.7. The number of carboxylic acid groups (broad SMARTS) is 1. The van der Waals surface area contributed by atoms with E-state index in [1.165, 1.54) is 0 Å². The maximum Gasteiger partial charge on any atom is 0.337 e. The van der Waals surface area contributed by atoms with Crippen molar-refractivity contribution in [2.75, 3.05) is 0 Å². The first-order valence-electron chi connectivity index (χ1n) is 4.93. The van der Waals surface area contributed by atoms with Crippen LogP contribution in [0.25, 0.3) is 0 Å². The number of aliphatic carboxylic acids is 1. The third kappa shape index (κ3) is 2.81. The molecule has 4 heteroatoms. The van der Waals surface area contributed by atoms with Gasteiger partial charge in [-0.15, -0.1) is 0 Å². The van der Waals surface area contributed by atoms with Gasteiger partial charge in [0.25, 0.3) is 0 Å². The second-order valence-corrected chi connectivity index (χ2v) is 3.60. The summed E-state index contributed by atoms with van der Waals surface area (Å²) in [5.74, 6) is -1.27. The van der Waals surface area contributed by atoms with Gasteiger partial charge in [-0.05, 0) is 24.5 Å². The predicted octanol–water partition coefficient (Wildman–Crippen LogP) is 1.57. The summed E-state index contributed by atoms with van der Waals surface area (Å²) in [5.41, 5.74) is 1.97. The van der Waals surface area contributed by atoms with Crippen molar-refractivity contribution in [3.8, 4) is 6.07 Å². The van der Waals surface area contributed by atoms with E-state index in [0.717, 1.165) is 5.56 Å². The van der Waals surface area contributed by atoms with Crippen LogP contribution in [0.2, 0.25) is 0 Å². The largest absolute Gasteiger partial charge is 0.479 e. The van der Waals surface area contributed by atoms with Gasteiger partial charge in [0, 0.05) is 6.42 Å². The van der Waals surface area contributed by atoms with Crippen LogP contribution in [0, 0.1) is 18.3 Å². The van der Waals surface area contributed by atoms with Gasteiger partial charge in [0.15, 0.2) is 6.10 Å². The molecule has 0 spiro atoms. The third-order valence-electron chi connectivity index (χ3n) is 2.34. The second kappa shape index (κ2) is 5.29. The van der Waals surface area contributed by atoms with Gasteiger partial charge >= 0.3 is 5.97 Å². The van der Waals surface area contributed by atoms with E-state index in [-0.39, 0.29) is 0 Å². The zero-order valence-electron chi connectivity index (χ0n) is 8.97. The first kappa shape index (κ1) is 12.2. The van der Waals surface area contributed by atoms with Crippen LogP contribution in [-0.4, -0.2) is 16.2 Å². The lowest BCUT2D eigenvalue weighted by molar-refractivity contribution is -0.147. The van der Waals surface area contributed by atoms with E-state index >= 15 is 0 Å². The molecule has 1 aromatic rings. The van der Waals surface area contributed by atoms with E-state index in [1.807, 2.05) is 19.1 Å². The van der Waals surface area contributed by atoms with Crippen LogP contribution in [0.4, 0.5) is 0 Å². The molecule has 0 aliphatic heterocycles. The van der Waals surface area contributed by atoms with Crippen molar-refractivity contribution in [2.45, 2.75) is 25.9 Å². The molecule has 1 unspecified atom stereocenters. The van der Waals surface area contributed by atoms with E-state index in [1.54, 1.807) is 12.1 Å². The monoisotopic (exact) mass is 219 g/mol. The highest BCUT2D eigenvalue weighted by atomic mass is 16.4. The molecular weight excluding hydrogens is 206 g/mol. The molecule has 0 amide bonds. The van der Waals surface area contributed by atoms with Crippen molar-refractivity contribution in [1.82, 2.24) is 0 Å². The number of nitriles is 1. The fraction of sp³-hybridized carbons (Fsp3) is 0.333. The average molecular weight is 219 g/mol. The Morgan fingerprint density at radius 2 is 2.25 bits per heavy atom. The predicted molar refractivity (Wildman–Crippen MR) is 57.7 cm³/mol. The smallest absolute Gasteiger partial charge is 0.337 e. The normalized spacial score (nSPS) is 11.8. The molecule has 1 atom stereocenters. The molecule has 1 aromatic carbocycles. The van der Waals surface area contributed by atoms with Gasteiger partial charge in [-0.25, -0.2) is 4.79 Å². The number of benzene rings is 1. The first-order valence-corrected chi connectivity index (χ1v) is 4.93. The van der Waals surface area contributed by atoms with Crippen LogP contribution in [0.3, 0.4) is 0 Å². The molecule has 4 nitrogen and oxygen atoms in total. The molecule has 0 aromatic heterocycles. The molecule has 0 aliphatic carbocycles. The Morgan fingerprint density at radius 3 is 2.81 bits per heavy atom. The molecule has 0 fully saturated rings. The van der Waals surface area contributed by atoms with E-state index in [4.69, 9.17) is 10.4 Å². The molecule has 0 radical (unpaired) electrons. The van der Waals surface area contributed by atoms with Crippen LogP contribution in [0.15, 0.2) is 18.2 Å². The SMILES string of the molecule is Cc1ccc(CCC#N)c(C(O)C(=O)O)c1.